The van der Waals surface area contributed by atoms with Crippen LogP contribution in [0.15, 0.2) is 84.6 Å². The van der Waals surface area contributed by atoms with Crippen LogP contribution in [-0.2, 0) is 16.0 Å². The molecule has 0 radical (unpaired) electrons. The van der Waals surface area contributed by atoms with Gasteiger partial charge in [-0.1, -0.05) is 18.2 Å². The maximum absolute atomic E-state index is 13.3. The normalized spacial score (nSPS) is 16.8. The number of ketones is 1. The fourth-order valence-electron chi connectivity index (χ4n) is 4.85. The minimum Gasteiger partial charge on any atom is -0.507 e. The van der Waals surface area contributed by atoms with Crippen molar-refractivity contribution in [2.24, 2.45) is 0 Å². The van der Waals surface area contributed by atoms with Crippen LogP contribution >= 0.6 is 0 Å². The first-order valence-corrected chi connectivity index (χ1v) is 12.2. The molecule has 5 rings (SSSR count). The number of ether oxygens (including phenoxy) is 1. The van der Waals surface area contributed by atoms with Gasteiger partial charge in [0.1, 0.15) is 11.5 Å². The summed E-state index contributed by atoms with van der Waals surface area (Å²) in [5, 5.41) is 23.5. The summed E-state index contributed by atoms with van der Waals surface area (Å²) >= 11 is 0. The second kappa shape index (κ2) is 10.2. The van der Waals surface area contributed by atoms with Crippen molar-refractivity contribution in [3.05, 3.63) is 111 Å². The van der Waals surface area contributed by atoms with E-state index in [9.17, 15) is 24.8 Å². The van der Waals surface area contributed by atoms with Crippen molar-refractivity contribution in [3.8, 4) is 5.75 Å². The monoisotopic (exact) mass is 511 g/mol. The zero-order chi connectivity index (χ0) is 26.8. The lowest BCUT2D eigenvalue weighted by molar-refractivity contribution is -0.384. The van der Waals surface area contributed by atoms with Crippen LogP contribution in [0.1, 0.15) is 29.7 Å². The summed E-state index contributed by atoms with van der Waals surface area (Å²) in [7, 11) is 0. The van der Waals surface area contributed by atoms with Gasteiger partial charge in [-0.15, -0.1) is 0 Å². The second-order valence-corrected chi connectivity index (χ2v) is 8.91. The van der Waals surface area contributed by atoms with Crippen LogP contribution in [-0.4, -0.2) is 44.8 Å². The van der Waals surface area contributed by atoms with Crippen LogP contribution in [0.5, 0.6) is 5.75 Å². The third kappa shape index (κ3) is 4.50. The summed E-state index contributed by atoms with van der Waals surface area (Å²) in [6, 6.07) is 19.1. The molecule has 1 aliphatic rings. The van der Waals surface area contributed by atoms with E-state index in [-0.39, 0.29) is 23.6 Å². The number of H-pyrrole nitrogens is 1. The van der Waals surface area contributed by atoms with Crippen molar-refractivity contribution < 1.29 is 24.4 Å². The number of amides is 1. The van der Waals surface area contributed by atoms with E-state index in [0.29, 0.717) is 29.9 Å². The third-order valence-corrected chi connectivity index (χ3v) is 6.70. The number of rotatable bonds is 8. The second-order valence-electron chi connectivity index (χ2n) is 8.91. The summed E-state index contributed by atoms with van der Waals surface area (Å²) in [6.07, 6.45) is 2.34. The van der Waals surface area contributed by atoms with Gasteiger partial charge in [-0.05, 0) is 66.9 Å². The van der Waals surface area contributed by atoms with Crippen molar-refractivity contribution >= 4 is 34.0 Å². The number of nitro groups is 1. The first kappa shape index (κ1) is 24.8. The molecule has 0 aliphatic carbocycles. The number of benzene rings is 3. The number of aromatic nitrogens is 1. The molecule has 3 aromatic carbocycles. The average Bonchev–Trinajstić information content (AvgIpc) is 3.46. The molecule has 192 valence electrons. The smallest absolute Gasteiger partial charge is 0.295 e. The first-order valence-electron chi connectivity index (χ1n) is 12.2. The standard InChI is InChI=1S/C29H25N3O6/c1-2-38-22-13-9-19(10-14-22)27(33)25-26(18-7-11-21(12-8-18)32(36)37)31(29(35)28(25)34)16-15-20-17-30-24-6-4-3-5-23(20)24/h3-14,17,26,30,33H,2,15-16H2,1H3/b27-25-. The van der Waals surface area contributed by atoms with E-state index in [0.717, 1.165) is 16.5 Å². The largest absolute Gasteiger partial charge is 0.507 e. The van der Waals surface area contributed by atoms with Crippen LogP contribution in [0.25, 0.3) is 16.7 Å². The van der Waals surface area contributed by atoms with E-state index in [4.69, 9.17) is 4.74 Å². The number of non-ortho nitro benzene ring substituents is 1. The van der Waals surface area contributed by atoms with Crippen molar-refractivity contribution in [2.75, 3.05) is 13.2 Å². The Morgan fingerprint density at radius 1 is 1.05 bits per heavy atom. The lowest BCUT2D eigenvalue weighted by atomic mass is 9.95. The number of nitrogens with one attached hydrogen (secondary N) is 1. The number of carbonyl (C=O) groups excluding carboxylic acids is 2. The molecule has 9 nitrogen and oxygen atoms in total. The average molecular weight is 512 g/mol. The molecule has 1 saturated heterocycles. The summed E-state index contributed by atoms with van der Waals surface area (Å²) < 4.78 is 5.46. The minimum absolute atomic E-state index is 0.0630. The molecule has 0 saturated carbocycles. The van der Waals surface area contributed by atoms with E-state index in [1.165, 1.54) is 29.2 Å². The van der Waals surface area contributed by atoms with Gasteiger partial charge in [0.15, 0.2) is 0 Å². The SMILES string of the molecule is CCOc1ccc(/C(O)=C2/C(=O)C(=O)N(CCc3c[nH]c4ccccc34)C2c2ccc([N+](=O)[O-])cc2)cc1. The van der Waals surface area contributed by atoms with Crippen molar-refractivity contribution in [1.82, 2.24) is 9.88 Å². The molecule has 2 N–H and O–H groups in total. The summed E-state index contributed by atoms with van der Waals surface area (Å²) in [6.45, 7) is 2.54. The maximum atomic E-state index is 13.3. The molecule has 1 fully saturated rings. The summed E-state index contributed by atoms with van der Waals surface area (Å²) in [4.78, 5) is 41.9. The van der Waals surface area contributed by atoms with Gasteiger partial charge in [0.25, 0.3) is 17.4 Å². The molecule has 1 amide bonds. The number of Topliss-reactive ketones (excluding diaryl/α,β-unsaturated/α-hetero) is 1. The lowest BCUT2D eigenvalue weighted by Gasteiger charge is -2.25. The number of hydrogen-bond donors (Lipinski definition) is 2. The number of aliphatic hydroxyl groups is 1. The number of aromatic amines is 1. The minimum atomic E-state index is -0.910. The Balaban J connectivity index is 1.55. The van der Waals surface area contributed by atoms with Gasteiger partial charge in [0, 0.05) is 41.3 Å². The van der Waals surface area contributed by atoms with E-state index >= 15 is 0 Å². The van der Waals surface area contributed by atoms with Gasteiger partial charge in [-0.3, -0.25) is 19.7 Å². The van der Waals surface area contributed by atoms with Crippen molar-refractivity contribution in [3.63, 3.8) is 0 Å². The number of hydrogen-bond acceptors (Lipinski definition) is 6. The number of aliphatic hydroxyl groups excluding tert-OH is 1. The highest BCUT2D eigenvalue weighted by Crippen LogP contribution is 2.40. The van der Waals surface area contributed by atoms with E-state index < -0.39 is 22.7 Å². The number of nitrogens with zero attached hydrogens (tertiary/aromatic N) is 2. The third-order valence-electron chi connectivity index (χ3n) is 6.70. The molecule has 1 unspecified atom stereocenters. The topological polar surface area (TPSA) is 126 Å². The van der Waals surface area contributed by atoms with Crippen molar-refractivity contribution in [1.29, 1.82) is 0 Å². The highest BCUT2D eigenvalue weighted by atomic mass is 16.6. The molecular weight excluding hydrogens is 486 g/mol. The maximum Gasteiger partial charge on any atom is 0.295 e. The van der Waals surface area contributed by atoms with Gasteiger partial charge >= 0.3 is 0 Å². The molecule has 1 aromatic heterocycles. The van der Waals surface area contributed by atoms with Crippen LogP contribution < -0.4 is 4.74 Å². The van der Waals surface area contributed by atoms with Crippen LogP contribution in [0.3, 0.4) is 0 Å². The van der Waals surface area contributed by atoms with E-state index in [2.05, 4.69) is 4.98 Å². The fraction of sp³-hybridized carbons (Fsp3) is 0.172. The molecule has 0 spiro atoms. The zero-order valence-electron chi connectivity index (χ0n) is 20.6. The first-order chi connectivity index (χ1) is 18.4. The zero-order valence-corrected chi connectivity index (χ0v) is 20.6. The van der Waals surface area contributed by atoms with Gasteiger partial charge in [0.05, 0.1) is 23.1 Å². The highest BCUT2D eigenvalue weighted by molar-refractivity contribution is 6.46. The van der Waals surface area contributed by atoms with Gasteiger partial charge in [-0.25, -0.2) is 0 Å². The fourth-order valence-corrected chi connectivity index (χ4v) is 4.85. The van der Waals surface area contributed by atoms with Crippen molar-refractivity contribution in [2.45, 2.75) is 19.4 Å². The Bertz CT molecular complexity index is 1550. The van der Waals surface area contributed by atoms with Gasteiger partial charge in [-0.2, -0.15) is 0 Å². The summed E-state index contributed by atoms with van der Waals surface area (Å²) in [5.74, 6) is -1.25. The molecular formula is C29H25N3O6. The lowest BCUT2D eigenvalue weighted by Crippen LogP contribution is -2.31. The predicted molar refractivity (Wildman–Crippen MR) is 142 cm³/mol. The Morgan fingerprint density at radius 3 is 2.45 bits per heavy atom. The van der Waals surface area contributed by atoms with E-state index in [1.54, 1.807) is 24.3 Å². The Hall–Kier alpha value is -4.92. The van der Waals surface area contributed by atoms with Crippen LogP contribution in [0.2, 0.25) is 0 Å². The quantitative estimate of drug-likeness (QED) is 0.111. The predicted octanol–water partition coefficient (Wildman–Crippen LogP) is 5.14. The van der Waals surface area contributed by atoms with Crippen LogP contribution in [0, 0.1) is 10.1 Å². The molecule has 38 heavy (non-hydrogen) atoms. The highest BCUT2D eigenvalue weighted by Gasteiger charge is 2.46. The molecule has 1 atom stereocenters. The number of likely N-dealkylation sites (tertiary alicyclic amines) is 1. The number of fused-ring (bicyclic) bond motifs is 1. The van der Waals surface area contributed by atoms with Gasteiger partial charge in [0.2, 0.25) is 0 Å². The summed E-state index contributed by atoms with van der Waals surface area (Å²) in [5.41, 5.74) is 2.61. The molecule has 1 aliphatic heterocycles. The number of para-hydroxylation sites is 1. The molecule has 4 aromatic rings. The number of nitro benzene ring substituents is 1. The number of carbonyl (C=O) groups is 2. The van der Waals surface area contributed by atoms with Crippen LogP contribution in [0.4, 0.5) is 5.69 Å². The molecule has 9 heteroatoms. The van der Waals surface area contributed by atoms with E-state index in [1.807, 2.05) is 37.4 Å². The Labute approximate surface area is 218 Å². The molecule has 2 heterocycles. The Kier molecular flexibility index (Phi) is 6.66. The van der Waals surface area contributed by atoms with Gasteiger partial charge < -0.3 is 19.7 Å². The Morgan fingerprint density at radius 2 is 1.76 bits per heavy atom. The molecule has 0 bridgehead atoms.